The summed E-state index contributed by atoms with van der Waals surface area (Å²) in [7, 11) is 1.67. The predicted octanol–water partition coefficient (Wildman–Crippen LogP) is 2.82. The summed E-state index contributed by atoms with van der Waals surface area (Å²) in [5, 5.41) is 3.34. The van der Waals surface area contributed by atoms with Crippen molar-refractivity contribution in [1.82, 2.24) is 10.2 Å². The van der Waals surface area contributed by atoms with E-state index in [0.29, 0.717) is 12.5 Å². The van der Waals surface area contributed by atoms with Crippen molar-refractivity contribution < 1.29 is 9.53 Å². The molecule has 0 aromatic heterocycles. The van der Waals surface area contributed by atoms with Crippen LogP contribution in [0.15, 0.2) is 24.3 Å². The minimum atomic E-state index is 0.135. The van der Waals surface area contributed by atoms with Crippen LogP contribution < -0.4 is 10.1 Å². The predicted molar refractivity (Wildman–Crippen MR) is 88.9 cm³/mol. The average molecular weight is 304 g/mol. The Balaban J connectivity index is 2.05. The number of carbonyl (C=O) groups is 1. The molecule has 4 heteroatoms. The Morgan fingerprint density at radius 1 is 1.45 bits per heavy atom. The van der Waals surface area contributed by atoms with E-state index in [2.05, 4.69) is 18.3 Å². The molecule has 1 aromatic rings. The van der Waals surface area contributed by atoms with E-state index < -0.39 is 0 Å². The number of ether oxygens (including phenoxy) is 1. The van der Waals surface area contributed by atoms with Gasteiger partial charge < -0.3 is 15.0 Å². The molecule has 122 valence electrons. The first-order valence-electron chi connectivity index (χ1n) is 8.37. The number of piperidine rings is 1. The quantitative estimate of drug-likeness (QED) is 0.842. The van der Waals surface area contributed by atoms with Crippen LogP contribution in [0, 0.1) is 5.92 Å². The molecule has 0 saturated carbocycles. The van der Waals surface area contributed by atoms with E-state index in [1.807, 2.05) is 23.1 Å². The highest BCUT2D eigenvalue weighted by Gasteiger charge is 2.25. The highest BCUT2D eigenvalue weighted by atomic mass is 16.5. The Hall–Kier alpha value is -1.55. The second kappa shape index (κ2) is 8.79. The van der Waals surface area contributed by atoms with Gasteiger partial charge in [0, 0.05) is 19.6 Å². The monoisotopic (exact) mass is 304 g/mol. The van der Waals surface area contributed by atoms with Crippen molar-refractivity contribution in [2.24, 2.45) is 5.92 Å². The van der Waals surface area contributed by atoms with Gasteiger partial charge in [-0.25, -0.2) is 0 Å². The van der Waals surface area contributed by atoms with E-state index >= 15 is 0 Å². The van der Waals surface area contributed by atoms with Crippen molar-refractivity contribution in [1.29, 1.82) is 0 Å². The van der Waals surface area contributed by atoms with Crippen LogP contribution in [0.3, 0.4) is 0 Å². The zero-order valence-electron chi connectivity index (χ0n) is 13.8. The first-order chi connectivity index (χ1) is 10.7. The van der Waals surface area contributed by atoms with E-state index in [1.165, 1.54) is 0 Å². The van der Waals surface area contributed by atoms with Crippen LogP contribution in [0.4, 0.5) is 0 Å². The van der Waals surface area contributed by atoms with Gasteiger partial charge in [0.15, 0.2) is 0 Å². The van der Waals surface area contributed by atoms with Crippen LogP contribution >= 0.6 is 0 Å². The van der Waals surface area contributed by atoms with E-state index in [4.69, 9.17) is 4.74 Å². The summed E-state index contributed by atoms with van der Waals surface area (Å²) < 4.78 is 5.28. The van der Waals surface area contributed by atoms with Gasteiger partial charge in [-0.2, -0.15) is 0 Å². The van der Waals surface area contributed by atoms with Crippen molar-refractivity contribution in [3.8, 4) is 5.75 Å². The summed E-state index contributed by atoms with van der Waals surface area (Å²) in [6.45, 7) is 5.53. The number of rotatable bonds is 7. The van der Waals surface area contributed by atoms with E-state index in [1.54, 1.807) is 7.11 Å². The SMILES string of the molecule is CCCCN(Cc1cccc(OC)c1)C(=O)C1CCCNC1. The number of methoxy groups -OCH3 is 1. The van der Waals surface area contributed by atoms with Crippen LogP contribution in [0.5, 0.6) is 5.75 Å². The molecular weight excluding hydrogens is 276 g/mol. The zero-order chi connectivity index (χ0) is 15.8. The Morgan fingerprint density at radius 3 is 3.00 bits per heavy atom. The van der Waals surface area contributed by atoms with Gasteiger partial charge >= 0.3 is 0 Å². The largest absolute Gasteiger partial charge is 0.497 e. The third-order valence-electron chi connectivity index (χ3n) is 4.25. The summed E-state index contributed by atoms with van der Waals surface area (Å²) in [5.41, 5.74) is 1.13. The highest BCUT2D eigenvalue weighted by molar-refractivity contribution is 5.79. The fourth-order valence-electron chi connectivity index (χ4n) is 2.93. The Morgan fingerprint density at radius 2 is 2.32 bits per heavy atom. The Labute approximate surface area is 133 Å². The van der Waals surface area contributed by atoms with Crippen LogP contribution in [0.1, 0.15) is 38.2 Å². The zero-order valence-corrected chi connectivity index (χ0v) is 13.8. The minimum Gasteiger partial charge on any atom is -0.497 e. The van der Waals surface area contributed by atoms with Gasteiger partial charge in [0.2, 0.25) is 5.91 Å². The topological polar surface area (TPSA) is 41.6 Å². The molecular formula is C18H28N2O2. The van der Waals surface area contributed by atoms with Gasteiger partial charge in [0.25, 0.3) is 0 Å². The normalized spacial score (nSPS) is 18.0. The number of nitrogens with one attached hydrogen (secondary N) is 1. The number of nitrogens with zero attached hydrogens (tertiary/aromatic N) is 1. The van der Waals surface area contributed by atoms with Gasteiger partial charge in [-0.1, -0.05) is 25.5 Å². The van der Waals surface area contributed by atoms with Crippen LogP contribution in [-0.4, -0.2) is 37.6 Å². The molecule has 0 bridgehead atoms. The molecule has 1 amide bonds. The van der Waals surface area contributed by atoms with Crippen molar-refractivity contribution in [2.45, 2.75) is 39.2 Å². The van der Waals surface area contributed by atoms with Crippen LogP contribution in [0.25, 0.3) is 0 Å². The molecule has 1 aromatic carbocycles. The molecule has 1 fully saturated rings. The van der Waals surface area contributed by atoms with Gasteiger partial charge in [0.1, 0.15) is 5.75 Å². The Bertz CT molecular complexity index is 470. The van der Waals surface area contributed by atoms with Gasteiger partial charge in [-0.3, -0.25) is 4.79 Å². The summed E-state index contributed by atoms with van der Waals surface area (Å²) in [4.78, 5) is 14.8. The number of amides is 1. The molecule has 0 radical (unpaired) electrons. The number of carbonyl (C=O) groups excluding carboxylic acids is 1. The maximum Gasteiger partial charge on any atom is 0.227 e. The minimum absolute atomic E-state index is 0.135. The second-order valence-corrected chi connectivity index (χ2v) is 6.01. The molecule has 4 nitrogen and oxygen atoms in total. The summed E-state index contributed by atoms with van der Waals surface area (Å²) in [6.07, 6.45) is 4.25. The molecule has 1 unspecified atom stereocenters. The third kappa shape index (κ3) is 4.73. The number of hydrogen-bond donors (Lipinski definition) is 1. The lowest BCUT2D eigenvalue weighted by Crippen LogP contribution is -2.43. The third-order valence-corrected chi connectivity index (χ3v) is 4.25. The molecule has 1 aliphatic rings. The number of unbranched alkanes of at least 4 members (excludes halogenated alkanes) is 1. The molecule has 0 aliphatic carbocycles. The van der Waals surface area contributed by atoms with Crippen LogP contribution in [-0.2, 0) is 11.3 Å². The lowest BCUT2D eigenvalue weighted by atomic mass is 9.97. The van der Waals surface area contributed by atoms with E-state index in [9.17, 15) is 4.79 Å². The lowest BCUT2D eigenvalue weighted by Gasteiger charge is -2.30. The standard InChI is InChI=1S/C18H28N2O2/c1-3-4-11-20(18(21)16-8-6-10-19-13-16)14-15-7-5-9-17(12-15)22-2/h5,7,9,12,16,19H,3-4,6,8,10-11,13-14H2,1-2H3. The molecule has 2 rings (SSSR count). The maximum atomic E-state index is 12.8. The van der Waals surface area contributed by atoms with Gasteiger partial charge in [-0.05, 0) is 43.5 Å². The molecule has 0 spiro atoms. The fraction of sp³-hybridized carbons (Fsp3) is 0.611. The molecule has 22 heavy (non-hydrogen) atoms. The van der Waals surface area contributed by atoms with Crippen molar-refractivity contribution in [2.75, 3.05) is 26.7 Å². The first kappa shape index (κ1) is 16.8. The smallest absolute Gasteiger partial charge is 0.227 e. The second-order valence-electron chi connectivity index (χ2n) is 6.01. The van der Waals surface area contributed by atoms with Crippen LogP contribution in [0.2, 0.25) is 0 Å². The average Bonchev–Trinajstić information content (AvgIpc) is 2.59. The summed E-state index contributed by atoms with van der Waals surface area (Å²) in [6, 6.07) is 8.00. The van der Waals surface area contributed by atoms with Crippen molar-refractivity contribution >= 4 is 5.91 Å². The summed E-state index contributed by atoms with van der Waals surface area (Å²) in [5.74, 6) is 1.28. The number of benzene rings is 1. The molecule has 1 saturated heterocycles. The summed E-state index contributed by atoms with van der Waals surface area (Å²) >= 11 is 0. The maximum absolute atomic E-state index is 12.8. The lowest BCUT2D eigenvalue weighted by molar-refractivity contribution is -0.136. The number of hydrogen-bond acceptors (Lipinski definition) is 3. The van der Waals surface area contributed by atoms with Gasteiger partial charge in [-0.15, -0.1) is 0 Å². The van der Waals surface area contributed by atoms with Crippen molar-refractivity contribution in [3.05, 3.63) is 29.8 Å². The highest BCUT2D eigenvalue weighted by Crippen LogP contribution is 2.18. The van der Waals surface area contributed by atoms with E-state index in [0.717, 1.165) is 56.6 Å². The molecule has 1 aliphatic heterocycles. The van der Waals surface area contributed by atoms with E-state index in [-0.39, 0.29) is 5.92 Å². The van der Waals surface area contributed by atoms with Gasteiger partial charge in [0.05, 0.1) is 13.0 Å². The Kier molecular flexibility index (Phi) is 6.72. The molecule has 1 heterocycles. The van der Waals surface area contributed by atoms with Crippen molar-refractivity contribution in [3.63, 3.8) is 0 Å². The first-order valence-corrected chi connectivity index (χ1v) is 8.37. The molecule has 1 N–H and O–H groups in total. The molecule has 1 atom stereocenters. The fourth-order valence-corrected chi connectivity index (χ4v) is 2.93.